The molecule has 4 aromatic rings. The molecule has 5 rings (SSSR count). The average Bonchev–Trinajstić information content (AvgIpc) is 3.46. The first kappa shape index (κ1) is 34.3. The van der Waals surface area contributed by atoms with Crippen LogP contribution in [-0.4, -0.2) is 50.9 Å². The lowest BCUT2D eigenvalue weighted by Crippen LogP contribution is -2.25. The van der Waals surface area contributed by atoms with Gasteiger partial charge in [-0.3, -0.25) is 9.59 Å². The summed E-state index contributed by atoms with van der Waals surface area (Å²) in [4.78, 5) is 29.4. The van der Waals surface area contributed by atoms with Crippen LogP contribution < -0.4 is 15.4 Å². The van der Waals surface area contributed by atoms with Crippen molar-refractivity contribution in [1.29, 1.82) is 0 Å². The molecule has 1 saturated heterocycles. The van der Waals surface area contributed by atoms with Gasteiger partial charge in [-0.1, -0.05) is 53.8 Å². The summed E-state index contributed by atoms with van der Waals surface area (Å²) in [7, 11) is 0. The molecule has 0 saturated carbocycles. The maximum Gasteiger partial charge on any atom is 0.573 e. The number of hydrogen-bond donors (Lipinski definition) is 2. The smallest absolute Gasteiger partial charge is 0.406 e. The molecular weight excluding hydrogens is 653 g/mol. The summed E-state index contributed by atoms with van der Waals surface area (Å²) in [5.41, 5.74) is 3.59. The summed E-state index contributed by atoms with van der Waals surface area (Å²) >= 11 is 7.47. The van der Waals surface area contributed by atoms with Gasteiger partial charge in [-0.2, -0.15) is 0 Å². The second-order valence-electron chi connectivity index (χ2n) is 11.3. The molecule has 248 valence electrons. The fourth-order valence-corrected chi connectivity index (χ4v) is 6.36. The highest BCUT2D eigenvalue weighted by atomic mass is 35.5. The van der Waals surface area contributed by atoms with E-state index in [4.69, 9.17) is 11.8 Å². The molecule has 1 fully saturated rings. The van der Waals surface area contributed by atoms with E-state index in [1.54, 1.807) is 18.3 Å². The molecule has 0 aliphatic carbocycles. The molecule has 0 spiro atoms. The van der Waals surface area contributed by atoms with E-state index < -0.39 is 12.3 Å². The molecule has 47 heavy (non-hydrogen) atoms. The molecule has 0 unspecified atom stereocenters. The van der Waals surface area contributed by atoms with Gasteiger partial charge < -0.3 is 15.4 Å². The SMILES string of the molecule is O=C(Cc1cccc(OC(F)(F)F)c1)Nc1ccc(CCCCc2nnc(NC(=O)Cc3cccc(C4CCN(Cl)CC4)c3)s2)cn1. The van der Waals surface area contributed by atoms with Crippen LogP contribution in [0.25, 0.3) is 0 Å². The molecule has 0 bridgehead atoms. The van der Waals surface area contributed by atoms with Crippen molar-refractivity contribution < 1.29 is 27.5 Å². The van der Waals surface area contributed by atoms with Crippen molar-refractivity contribution in [2.75, 3.05) is 23.7 Å². The third-order valence-electron chi connectivity index (χ3n) is 7.64. The third kappa shape index (κ3) is 11.3. The van der Waals surface area contributed by atoms with Gasteiger partial charge in [0, 0.05) is 25.7 Å². The fraction of sp³-hybridized carbons (Fsp3) is 0.364. The molecular formula is C33H34ClF3N6O3S. The number of unbranched alkanes of at least 4 members (excludes halogenated alkanes) is 1. The Morgan fingerprint density at radius 3 is 2.32 bits per heavy atom. The third-order valence-corrected chi connectivity index (χ3v) is 8.87. The van der Waals surface area contributed by atoms with Crippen molar-refractivity contribution in [2.45, 2.75) is 63.6 Å². The molecule has 1 aliphatic rings. The highest BCUT2D eigenvalue weighted by molar-refractivity contribution is 7.15. The molecule has 1 aliphatic heterocycles. The van der Waals surface area contributed by atoms with Gasteiger partial charge in [0.2, 0.25) is 16.9 Å². The number of ether oxygens (including phenoxy) is 1. The van der Waals surface area contributed by atoms with E-state index in [1.165, 1.54) is 35.1 Å². The van der Waals surface area contributed by atoms with Crippen LogP contribution in [0.5, 0.6) is 5.75 Å². The number of pyridine rings is 1. The highest BCUT2D eigenvalue weighted by Crippen LogP contribution is 2.29. The first-order valence-electron chi connectivity index (χ1n) is 15.3. The van der Waals surface area contributed by atoms with Crippen LogP contribution in [0.2, 0.25) is 0 Å². The molecule has 14 heteroatoms. The Labute approximate surface area is 279 Å². The van der Waals surface area contributed by atoms with Gasteiger partial charge in [0.15, 0.2) is 0 Å². The van der Waals surface area contributed by atoms with Crippen molar-refractivity contribution in [3.8, 4) is 5.75 Å². The Morgan fingerprint density at radius 2 is 1.60 bits per heavy atom. The predicted molar refractivity (Wildman–Crippen MR) is 174 cm³/mol. The van der Waals surface area contributed by atoms with Crippen molar-refractivity contribution in [1.82, 2.24) is 19.6 Å². The number of nitrogens with one attached hydrogen (secondary N) is 2. The Hall–Kier alpha value is -4.07. The zero-order valence-corrected chi connectivity index (χ0v) is 27.0. The minimum absolute atomic E-state index is 0.126. The number of carbonyl (C=O) groups excluding carboxylic acids is 2. The number of anilines is 2. The lowest BCUT2D eigenvalue weighted by molar-refractivity contribution is -0.274. The maximum absolute atomic E-state index is 12.7. The van der Waals surface area contributed by atoms with Crippen LogP contribution in [0.15, 0.2) is 66.9 Å². The number of alkyl halides is 3. The average molecular weight is 687 g/mol. The van der Waals surface area contributed by atoms with Gasteiger partial charge in [0.05, 0.1) is 12.8 Å². The summed E-state index contributed by atoms with van der Waals surface area (Å²) in [6, 6.07) is 17.1. The van der Waals surface area contributed by atoms with Crippen LogP contribution in [-0.2, 0) is 35.3 Å². The molecule has 3 heterocycles. The second-order valence-corrected chi connectivity index (χ2v) is 12.9. The van der Waals surface area contributed by atoms with E-state index in [0.29, 0.717) is 22.4 Å². The van der Waals surface area contributed by atoms with E-state index in [2.05, 4.69) is 42.7 Å². The van der Waals surface area contributed by atoms with Gasteiger partial charge in [0.25, 0.3) is 0 Å². The molecule has 0 radical (unpaired) electrons. The molecule has 2 aromatic heterocycles. The van der Waals surface area contributed by atoms with Crippen molar-refractivity contribution in [3.63, 3.8) is 0 Å². The van der Waals surface area contributed by atoms with E-state index >= 15 is 0 Å². The summed E-state index contributed by atoms with van der Waals surface area (Å²) in [6.07, 6.45) is 2.29. The number of nitrogens with zero attached hydrogens (tertiary/aromatic N) is 4. The van der Waals surface area contributed by atoms with E-state index in [1.807, 2.05) is 22.6 Å². The topological polar surface area (TPSA) is 109 Å². The summed E-state index contributed by atoms with van der Waals surface area (Å²) in [6.45, 7) is 1.72. The zero-order valence-electron chi connectivity index (χ0n) is 25.4. The summed E-state index contributed by atoms with van der Waals surface area (Å²) in [5, 5.41) is 15.2. The molecule has 9 nitrogen and oxygen atoms in total. The number of benzene rings is 2. The number of amides is 2. The summed E-state index contributed by atoms with van der Waals surface area (Å²) in [5.74, 6) is -0.103. The van der Waals surface area contributed by atoms with Gasteiger partial charge in [-0.15, -0.1) is 23.4 Å². The molecule has 2 amide bonds. The number of rotatable bonds is 13. The Morgan fingerprint density at radius 1 is 0.894 bits per heavy atom. The minimum Gasteiger partial charge on any atom is -0.406 e. The van der Waals surface area contributed by atoms with Crippen LogP contribution in [0.4, 0.5) is 24.1 Å². The zero-order chi connectivity index (χ0) is 33.2. The van der Waals surface area contributed by atoms with Gasteiger partial charge in [0.1, 0.15) is 16.6 Å². The Balaban J connectivity index is 0.999. The van der Waals surface area contributed by atoms with Crippen molar-refractivity contribution in [2.24, 2.45) is 0 Å². The minimum atomic E-state index is -4.80. The number of halogens is 4. The first-order valence-corrected chi connectivity index (χ1v) is 16.4. The molecule has 2 aromatic carbocycles. The first-order chi connectivity index (χ1) is 22.6. The van der Waals surface area contributed by atoms with Crippen molar-refractivity contribution >= 4 is 45.9 Å². The number of piperidine rings is 1. The molecule has 2 N–H and O–H groups in total. The highest BCUT2D eigenvalue weighted by Gasteiger charge is 2.31. The Kier molecular flexibility index (Phi) is 11.8. The monoisotopic (exact) mass is 686 g/mol. The number of hydrogen-bond acceptors (Lipinski definition) is 8. The van der Waals surface area contributed by atoms with Crippen LogP contribution in [0.1, 0.15) is 58.9 Å². The van der Waals surface area contributed by atoms with Gasteiger partial charge in [-0.25, -0.2) is 9.40 Å². The lowest BCUT2D eigenvalue weighted by Gasteiger charge is -2.27. The Bertz CT molecular complexity index is 1650. The molecule has 0 atom stereocenters. The summed E-state index contributed by atoms with van der Waals surface area (Å²) < 4.78 is 43.1. The quantitative estimate of drug-likeness (QED) is 0.114. The fourth-order valence-electron chi connectivity index (χ4n) is 5.37. The van der Waals surface area contributed by atoms with Crippen LogP contribution in [0, 0.1) is 0 Å². The van der Waals surface area contributed by atoms with Gasteiger partial charge in [-0.05, 0) is 90.3 Å². The number of aryl methyl sites for hydroxylation is 2. The van der Waals surface area contributed by atoms with Crippen LogP contribution >= 0.6 is 23.1 Å². The van der Waals surface area contributed by atoms with Crippen molar-refractivity contribution in [3.05, 3.63) is 94.1 Å². The maximum atomic E-state index is 12.7. The standard InChI is InChI=1S/C33H34ClF3N6O3S/c34-43-15-13-25(14-16-43)26-8-3-6-23(17-26)19-30(45)40-32-42-41-31(47-32)10-2-1-5-22-11-12-28(38-21-22)39-29(44)20-24-7-4-9-27(18-24)46-33(35,36)37/h3-4,6-9,11-12,17-18,21,25H,1-2,5,10,13-16,19-20H2,(H,38,39,44)(H,40,42,45). The number of aromatic nitrogens is 3. The normalized spacial score (nSPS) is 14.1. The lowest BCUT2D eigenvalue weighted by atomic mass is 9.89. The van der Waals surface area contributed by atoms with Gasteiger partial charge >= 0.3 is 6.36 Å². The van der Waals surface area contributed by atoms with E-state index in [-0.39, 0.29) is 24.5 Å². The van der Waals surface area contributed by atoms with Crippen LogP contribution in [0.3, 0.4) is 0 Å². The predicted octanol–water partition coefficient (Wildman–Crippen LogP) is 7.09. The number of carbonyl (C=O) groups is 2. The van der Waals surface area contributed by atoms with E-state index in [0.717, 1.165) is 67.7 Å². The van der Waals surface area contributed by atoms with E-state index in [9.17, 15) is 22.8 Å². The largest absolute Gasteiger partial charge is 0.573 e. The second kappa shape index (κ2) is 16.2.